The van der Waals surface area contributed by atoms with Crippen LogP contribution in [0.4, 0.5) is 8.78 Å². The van der Waals surface area contributed by atoms with Gasteiger partial charge in [-0.3, -0.25) is 4.79 Å². The highest BCUT2D eigenvalue weighted by Gasteiger charge is 2.37. The average Bonchev–Trinajstić information content (AvgIpc) is 2.61. The van der Waals surface area contributed by atoms with Crippen molar-refractivity contribution in [2.24, 2.45) is 0 Å². The standard InChI is InChI=1S/C20H13F2IO/c21-20(22,13-18(23)15-7-2-1-3-8-15)19(24)17-11-10-14-6-4-5-9-16(14)12-17/h1-13H/b18-13+. The van der Waals surface area contributed by atoms with Gasteiger partial charge in [0.2, 0.25) is 5.78 Å². The molecule has 0 saturated carbocycles. The number of carbonyl (C=O) groups excluding carboxylic acids is 1. The number of fused-ring (bicyclic) bond motifs is 1. The predicted molar refractivity (Wildman–Crippen MR) is 102 cm³/mol. The van der Waals surface area contributed by atoms with E-state index in [0.29, 0.717) is 9.14 Å². The van der Waals surface area contributed by atoms with Gasteiger partial charge in [0, 0.05) is 15.2 Å². The van der Waals surface area contributed by atoms with Gasteiger partial charge in [-0.2, -0.15) is 8.78 Å². The van der Waals surface area contributed by atoms with Crippen LogP contribution in [0, 0.1) is 0 Å². The molecule has 0 unspecified atom stereocenters. The molecule has 1 nitrogen and oxygen atoms in total. The molecule has 0 fully saturated rings. The molecule has 120 valence electrons. The molecular formula is C20H13F2IO. The Labute approximate surface area is 152 Å². The van der Waals surface area contributed by atoms with Crippen LogP contribution in [0.3, 0.4) is 0 Å². The Morgan fingerprint density at radius 3 is 2.17 bits per heavy atom. The molecule has 0 atom stereocenters. The van der Waals surface area contributed by atoms with Crippen LogP contribution >= 0.6 is 22.6 Å². The maximum Gasteiger partial charge on any atom is 0.329 e. The van der Waals surface area contributed by atoms with Crippen LogP contribution in [0.5, 0.6) is 0 Å². The van der Waals surface area contributed by atoms with Gasteiger partial charge < -0.3 is 0 Å². The monoisotopic (exact) mass is 434 g/mol. The number of carbonyl (C=O) groups is 1. The zero-order valence-corrected chi connectivity index (χ0v) is 14.7. The fourth-order valence-electron chi connectivity index (χ4n) is 2.43. The van der Waals surface area contributed by atoms with Gasteiger partial charge in [-0.1, -0.05) is 66.7 Å². The number of allylic oxidation sites excluding steroid dienone is 1. The lowest BCUT2D eigenvalue weighted by atomic mass is 10.0. The van der Waals surface area contributed by atoms with Crippen molar-refractivity contribution in [3.8, 4) is 0 Å². The first-order chi connectivity index (χ1) is 11.5. The van der Waals surface area contributed by atoms with E-state index in [9.17, 15) is 13.6 Å². The number of Topliss-reactive ketones (excluding diaryl/α,β-unsaturated/α-hetero) is 1. The highest BCUT2D eigenvalue weighted by Crippen LogP contribution is 2.31. The Hall–Kier alpha value is -2.08. The highest BCUT2D eigenvalue weighted by atomic mass is 127. The van der Waals surface area contributed by atoms with Crippen LogP contribution in [-0.4, -0.2) is 11.7 Å². The Morgan fingerprint density at radius 2 is 1.46 bits per heavy atom. The van der Waals surface area contributed by atoms with Gasteiger partial charge >= 0.3 is 5.92 Å². The van der Waals surface area contributed by atoms with Crippen LogP contribution in [0.1, 0.15) is 15.9 Å². The van der Waals surface area contributed by atoms with Crippen molar-refractivity contribution in [2.45, 2.75) is 5.92 Å². The summed E-state index contributed by atoms with van der Waals surface area (Å²) in [7, 11) is 0. The van der Waals surface area contributed by atoms with Gasteiger partial charge in [-0.25, -0.2) is 0 Å². The summed E-state index contributed by atoms with van der Waals surface area (Å²) in [4.78, 5) is 12.3. The molecule has 0 aromatic heterocycles. The van der Waals surface area contributed by atoms with Gasteiger partial charge in [-0.15, -0.1) is 0 Å². The van der Waals surface area contributed by atoms with Crippen molar-refractivity contribution in [3.63, 3.8) is 0 Å². The van der Waals surface area contributed by atoms with Crippen molar-refractivity contribution in [1.29, 1.82) is 0 Å². The van der Waals surface area contributed by atoms with E-state index in [4.69, 9.17) is 0 Å². The third-order valence-corrected chi connectivity index (χ3v) is 4.61. The highest BCUT2D eigenvalue weighted by molar-refractivity contribution is 14.1. The van der Waals surface area contributed by atoms with Crippen LogP contribution in [-0.2, 0) is 0 Å². The van der Waals surface area contributed by atoms with Gasteiger partial charge in [0.25, 0.3) is 0 Å². The Balaban J connectivity index is 1.94. The van der Waals surface area contributed by atoms with Crippen LogP contribution < -0.4 is 0 Å². The smallest absolute Gasteiger partial charge is 0.287 e. The van der Waals surface area contributed by atoms with E-state index in [-0.39, 0.29) is 5.56 Å². The minimum atomic E-state index is -3.56. The van der Waals surface area contributed by atoms with Crippen LogP contribution in [0.2, 0.25) is 0 Å². The first kappa shape index (κ1) is 16.8. The Kier molecular flexibility index (Phi) is 4.76. The molecule has 0 aliphatic rings. The quantitative estimate of drug-likeness (QED) is 0.357. The van der Waals surface area contributed by atoms with Gasteiger partial charge in [0.05, 0.1) is 0 Å². The summed E-state index contributed by atoms with van der Waals surface area (Å²) in [6, 6.07) is 20.8. The van der Waals surface area contributed by atoms with Crippen molar-refractivity contribution >= 4 is 42.7 Å². The van der Waals surface area contributed by atoms with E-state index in [1.807, 2.05) is 46.9 Å². The SMILES string of the molecule is O=C(c1ccc2ccccc2c1)C(F)(F)/C=C(/I)c1ccccc1. The van der Waals surface area contributed by atoms with Gasteiger partial charge in [-0.05, 0) is 45.0 Å². The van der Waals surface area contributed by atoms with Crippen LogP contribution in [0.25, 0.3) is 14.4 Å². The Morgan fingerprint density at radius 1 is 0.833 bits per heavy atom. The maximum atomic E-state index is 14.4. The molecule has 0 N–H and O–H groups in total. The minimum Gasteiger partial charge on any atom is -0.287 e. The molecule has 3 aromatic rings. The fraction of sp³-hybridized carbons (Fsp3) is 0.0500. The van der Waals surface area contributed by atoms with E-state index in [2.05, 4.69) is 0 Å². The number of hydrogen-bond donors (Lipinski definition) is 0. The molecule has 3 aromatic carbocycles. The number of rotatable bonds is 4. The minimum absolute atomic E-state index is 0.00668. The van der Waals surface area contributed by atoms with Crippen molar-refractivity contribution in [3.05, 3.63) is 90.0 Å². The second-order valence-electron chi connectivity index (χ2n) is 5.37. The summed E-state index contributed by atoms with van der Waals surface area (Å²) >= 11 is 1.83. The Bertz CT molecular complexity index is 917. The molecular weight excluding hydrogens is 421 g/mol. The number of alkyl halides is 2. The maximum absolute atomic E-state index is 14.4. The van der Waals surface area contributed by atoms with E-state index in [1.165, 1.54) is 12.1 Å². The molecule has 0 bridgehead atoms. The second-order valence-corrected chi connectivity index (χ2v) is 6.53. The lowest BCUT2D eigenvalue weighted by Crippen LogP contribution is -2.26. The summed E-state index contributed by atoms with van der Waals surface area (Å²) in [6.07, 6.45) is 0.723. The molecule has 0 amide bonds. The predicted octanol–water partition coefficient (Wildman–Crippen LogP) is 6.13. The van der Waals surface area contributed by atoms with Crippen molar-refractivity contribution < 1.29 is 13.6 Å². The molecule has 3 rings (SSSR count). The van der Waals surface area contributed by atoms with Gasteiger partial charge in [0.1, 0.15) is 0 Å². The molecule has 0 spiro atoms. The summed E-state index contributed by atoms with van der Waals surface area (Å²) in [6.45, 7) is 0. The normalized spacial score (nSPS) is 12.4. The summed E-state index contributed by atoms with van der Waals surface area (Å²) < 4.78 is 29.2. The zero-order valence-electron chi connectivity index (χ0n) is 12.5. The average molecular weight is 434 g/mol. The molecule has 0 saturated heterocycles. The third kappa shape index (κ3) is 3.53. The van der Waals surface area contributed by atoms with Crippen molar-refractivity contribution in [2.75, 3.05) is 0 Å². The summed E-state index contributed by atoms with van der Waals surface area (Å²) in [5, 5.41) is 1.67. The summed E-state index contributed by atoms with van der Waals surface area (Å²) in [5.74, 6) is -4.76. The first-order valence-electron chi connectivity index (χ1n) is 7.32. The van der Waals surface area contributed by atoms with Crippen molar-refractivity contribution in [1.82, 2.24) is 0 Å². The lowest BCUT2D eigenvalue weighted by Gasteiger charge is -2.12. The molecule has 4 heteroatoms. The fourth-order valence-corrected chi connectivity index (χ4v) is 3.18. The third-order valence-electron chi connectivity index (χ3n) is 3.67. The zero-order chi connectivity index (χ0) is 17.2. The molecule has 24 heavy (non-hydrogen) atoms. The molecule has 0 radical (unpaired) electrons. The van der Waals surface area contributed by atoms with E-state index in [1.54, 1.807) is 36.4 Å². The van der Waals surface area contributed by atoms with E-state index in [0.717, 1.165) is 16.8 Å². The number of hydrogen-bond acceptors (Lipinski definition) is 1. The lowest BCUT2D eigenvalue weighted by molar-refractivity contribution is 0.0385. The largest absolute Gasteiger partial charge is 0.329 e. The molecule has 0 aliphatic carbocycles. The second kappa shape index (κ2) is 6.81. The topological polar surface area (TPSA) is 17.1 Å². The van der Waals surface area contributed by atoms with Gasteiger partial charge in [0.15, 0.2) is 0 Å². The number of ketones is 1. The van der Waals surface area contributed by atoms with E-state index < -0.39 is 11.7 Å². The molecule has 0 heterocycles. The summed E-state index contributed by atoms with van der Waals surface area (Å²) in [5.41, 5.74) is 0.663. The first-order valence-corrected chi connectivity index (χ1v) is 8.40. The van der Waals surface area contributed by atoms with E-state index >= 15 is 0 Å². The number of halogens is 3. The number of benzene rings is 3. The van der Waals surface area contributed by atoms with Crippen LogP contribution in [0.15, 0.2) is 78.9 Å². The molecule has 0 aliphatic heterocycles.